The highest BCUT2D eigenvalue weighted by Crippen LogP contribution is 2.20. The predicted octanol–water partition coefficient (Wildman–Crippen LogP) is 2.83. The molecule has 1 aliphatic rings. The number of likely N-dealkylation sites (tertiary alicyclic amines) is 1. The molecule has 1 fully saturated rings. The molecule has 1 heterocycles. The Morgan fingerprint density at radius 1 is 1.50 bits per heavy atom. The lowest BCUT2D eigenvalue weighted by Gasteiger charge is -2.32. The molecule has 0 spiro atoms. The SMILES string of the molecule is CC=C(C)CC1CCCCN1C. The molecule has 0 radical (unpaired) electrons. The maximum Gasteiger partial charge on any atom is 0.0129 e. The van der Waals surface area contributed by atoms with Crippen molar-refractivity contribution >= 4 is 0 Å². The van der Waals surface area contributed by atoms with Crippen molar-refractivity contribution in [1.82, 2.24) is 4.90 Å². The smallest absolute Gasteiger partial charge is 0.0129 e. The highest BCUT2D eigenvalue weighted by Gasteiger charge is 2.18. The van der Waals surface area contributed by atoms with E-state index in [2.05, 4.69) is 31.9 Å². The summed E-state index contributed by atoms with van der Waals surface area (Å²) in [6.07, 6.45) is 7.71. The molecule has 12 heavy (non-hydrogen) atoms. The molecule has 0 saturated carbocycles. The van der Waals surface area contributed by atoms with Gasteiger partial charge in [-0.2, -0.15) is 0 Å². The monoisotopic (exact) mass is 167 g/mol. The summed E-state index contributed by atoms with van der Waals surface area (Å²) in [6.45, 7) is 5.67. The van der Waals surface area contributed by atoms with E-state index in [-0.39, 0.29) is 0 Å². The minimum absolute atomic E-state index is 0.815. The van der Waals surface area contributed by atoms with Gasteiger partial charge in [-0.1, -0.05) is 18.1 Å². The second kappa shape index (κ2) is 4.66. The maximum atomic E-state index is 2.51. The Bertz CT molecular complexity index is 160. The standard InChI is InChI=1S/C11H21N/c1-4-10(2)9-11-7-5-6-8-12(11)3/h4,11H,5-9H2,1-3H3. The number of hydrogen-bond donors (Lipinski definition) is 0. The molecule has 0 bridgehead atoms. The van der Waals surface area contributed by atoms with Gasteiger partial charge in [0.25, 0.3) is 0 Å². The fourth-order valence-electron chi connectivity index (χ4n) is 1.89. The topological polar surface area (TPSA) is 3.24 Å². The number of rotatable bonds is 2. The number of piperidine rings is 1. The quantitative estimate of drug-likeness (QED) is 0.572. The lowest BCUT2D eigenvalue weighted by Crippen LogP contribution is -2.36. The molecule has 1 aliphatic heterocycles. The van der Waals surface area contributed by atoms with E-state index in [0.717, 1.165) is 6.04 Å². The van der Waals surface area contributed by atoms with Crippen molar-refractivity contribution in [3.05, 3.63) is 11.6 Å². The molecule has 0 aromatic carbocycles. The van der Waals surface area contributed by atoms with Crippen LogP contribution in [0.3, 0.4) is 0 Å². The first kappa shape index (κ1) is 9.79. The second-order valence-corrected chi connectivity index (χ2v) is 3.97. The number of allylic oxidation sites excluding steroid dienone is 1. The molecule has 1 atom stereocenters. The lowest BCUT2D eigenvalue weighted by atomic mass is 9.97. The molecule has 1 saturated heterocycles. The van der Waals surface area contributed by atoms with Crippen molar-refractivity contribution < 1.29 is 0 Å². The van der Waals surface area contributed by atoms with Crippen molar-refractivity contribution in [2.75, 3.05) is 13.6 Å². The van der Waals surface area contributed by atoms with E-state index in [1.54, 1.807) is 0 Å². The molecular weight excluding hydrogens is 146 g/mol. The fraction of sp³-hybridized carbons (Fsp3) is 0.818. The zero-order valence-corrected chi connectivity index (χ0v) is 8.64. The first-order chi connectivity index (χ1) is 5.74. The van der Waals surface area contributed by atoms with Crippen LogP contribution in [0.15, 0.2) is 11.6 Å². The van der Waals surface area contributed by atoms with Gasteiger partial charge >= 0.3 is 0 Å². The summed E-state index contributed by atoms with van der Waals surface area (Å²) in [4.78, 5) is 2.51. The largest absolute Gasteiger partial charge is 0.303 e. The van der Waals surface area contributed by atoms with Gasteiger partial charge in [0.05, 0.1) is 0 Å². The predicted molar refractivity (Wildman–Crippen MR) is 54.3 cm³/mol. The minimum atomic E-state index is 0.815. The summed E-state index contributed by atoms with van der Waals surface area (Å²) < 4.78 is 0. The van der Waals surface area contributed by atoms with E-state index < -0.39 is 0 Å². The Kier molecular flexibility index (Phi) is 3.80. The molecule has 0 aliphatic carbocycles. The maximum absolute atomic E-state index is 2.51. The van der Waals surface area contributed by atoms with E-state index in [0.29, 0.717) is 0 Å². The molecule has 0 N–H and O–H groups in total. The molecular formula is C11H21N. The Hall–Kier alpha value is -0.300. The first-order valence-corrected chi connectivity index (χ1v) is 5.06. The van der Waals surface area contributed by atoms with E-state index in [1.165, 1.54) is 37.8 Å². The van der Waals surface area contributed by atoms with Crippen LogP contribution in [-0.4, -0.2) is 24.5 Å². The zero-order chi connectivity index (χ0) is 8.97. The van der Waals surface area contributed by atoms with Crippen LogP contribution < -0.4 is 0 Å². The summed E-state index contributed by atoms with van der Waals surface area (Å²) in [7, 11) is 2.26. The van der Waals surface area contributed by atoms with Crippen LogP contribution in [0, 0.1) is 0 Å². The van der Waals surface area contributed by atoms with Crippen LogP contribution in [0.5, 0.6) is 0 Å². The lowest BCUT2D eigenvalue weighted by molar-refractivity contribution is 0.184. The van der Waals surface area contributed by atoms with Crippen LogP contribution in [0.2, 0.25) is 0 Å². The van der Waals surface area contributed by atoms with Gasteiger partial charge < -0.3 is 4.90 Å². The molecule has 0 amide bonds. The van der Waals surface area contributed by atoms with Gasteiger partial charge in [-0.25, -0.2) is 0 Å². The van der Waals surface area contributed by atoms with Crippen LogP contribution in [0.25, 0.3) is 0 Å². The molecule has 0 aromatic rings. The summed E-state index contributed by atoms with van der Waals surface area (Å²) in [6, 6.07) is 0.815. The van der Waals surface area contributed by atoms with Crippen molar-refractivity contribution in [3.8, 4) is 0 Å². The third kappa shape index (κ3) is 2.63. The zero-order valence-electron chi connectivity index (χ0n) is 8.64. The van der Waals surface area contributed by atoms with Crippen LogP contribution >= 0.6 is 0 Å². The summed E-state index contributed by atoms with van der Waals surface area (Å²) in [5, 5.41) is 0. The Balaban J connectivity index is 2.39. The van der Waals surface area contributed by atoms with Crippen molar-refractivity contribution in [2.45, 2.75) is 45.6 Å². The average molecular weight is 167 g/mol. The average Bonchev–Trinajstić information content (AvgIpc) is 2.09. The number of hydrogen-bond acceptors (Lipinski definition) is 1. The van der Waals surface area contributed by atoms with E-state index in [1.807, 2.05) is 0 Å². The Morgan fingerprint density at radius 3 is 2.83 bits per heavy atom. The van der Waals surface area contributed by atoms with Gasteiger partial charge in [-0.3, -0.25) is 0 Å². The summed E-state index contributed by atoms with van der Waals surface area (Å²) in [5.74, 6) is 0. The first-order valence-electron chi connectivity index (χ1n) is 5.06. The third-order valence-corrected chi connectivity index (χ3v) is 2.97. The van der Waals surface area contributed by atoms with Gasteiger partial charge in [0.1, 0.15) is 0 Å². The molecule has 0 aromatic heterocycles. The van der Waals surface area contributed by atoms with Crippen molar-refractivity contribution in [2.24, 2.45) is 0 Å². The van der Waals surface area contributed by atoms with E-state index in [9.17, 15) is 0 Å². The molecule has 1 nitrogen and oxygen atoms in total. The van der Waals surface area contributed by atoms with Crippen LogP contribution in [0.4, 0.5) is 0 Å². The van der Waals surface area contributed by atoms with Crippen molar-refractivity contribution in [1.29, 1.82) is 0 Å². The summed E-state index contributed by atoms with van der Waals surface area (Å²) in [5.41, 5.74) is 1.54. The fourth-order valence-corrected chi connectivity index (χ4v) is 1.89. The van der Waals surface area contributed by atoms with Gasteiger partial charge in [-0.15, -0.1) is 0 Å². The van der Waals surface area contributed by atoms with Gasteiger partial charge in [0.2, 0.25) is 0 Å². The Labute approximate surface area is 76.5 Å². The molecule has 1 unspecified atom stereocenters. The highest BCUT2D eigenvalue weighted by atomic mass is 15.1. The van der Waals surface area contributed by atoms with E-state index >= 15 is 0 Å². The van der Waals surface area contributed by atoms with Crippen LogP contribution in [-0.2, 0) is 0 Å². The molecule has 1 heteroatoms. The third-order valence-electron chi connectivity index (χ3n) is 2.97. The van der Waals surface area contributed by atoms with Gasteiger partial charge in [0.15, 0.2) is 0 Å². The second-order valence-electron chi connectivity index (χ2n) is 3.97. The minimum Gasteiger partial charge on any atom is -0.303 e. The van der Waals surface area contributed by atoms with E-state index in [4.69, 9.17) is 0 Å². The van der Waals surface area contributed by atoms with Crippen LogP contribution in [0.1, 0.15) is 39.5 Å². The van der Waals surface area contributed by atoms with Crippen molar-refractivity contribution in [3.63, 3.8) is 0 Å². The van der Waals surface area contributed by atoms with Gasteiger partial charge in [0, 0.05) is 6.04 Å². The molecule has 1 rings (SSSR count). The highest BCUT2D eigenvalue weighted by molar-refractivity contribution is 4.99. The summed E-state index contributed by atoms with van der Waals surface area (Å²) >= 11 is 0. The Morgan fingerprint density at radius 2 is 2.25 bits per heavy atom. The normalized spacial score (nSPS) is 27.6. The number of nitrogens with zero attached hydrogens (tertiary/aromatic N) is 1. The van der Waals surface area contributed by atoms with Gasteiger partial charge in [-0.05, 0) is 46.7 Å². The molecule has 70 valence electrons.